The third kappa shape index (κ3) is 9.14. The number of carbonyl (C=O) groups excluding carboxylic acids is 4. The Labute approximate surface area is 338 Å². The molecule has 306 valence electrons. The van der Waals surface area contributed by atoms with Crippen molar-refractivity contribution in [3.63, 3.8) is 0 Å². The zero-order valence-corrected chi connectivity index (χ0v) is 34.8. The van der Waals surface area contributed by atoms with E-state index in [1.54, 1.807) is 63.2 Å². The van der Waals surface area contributed by atoms with E-state index in [2.05, 4.69) is 26.9 Å². The first-order valence-corrected chi connectivity index (χ1v) is 20.8. The first-order chi connectivity index (χ1) is 26.7. The molecule has 1 aliphatic heterocycles. The standard InChI is InChI=1S/C41H50ClN5O9S/c1-9-24-20-41(24,38(51)46-57(52,53)28-15-16-28)45-34(48)31-19-27(55-35-30-18-25(42)12-17-29(30)32(54-8)21-43-35)22-47(31)36(49)33(39(2,3)4)44-26-13-10-23(11-14-26)37(50)56-40(5,6)7/h9-14,17-18,21,24,27-28,31,33,44H,1,15-16,19-20,22H2,2-8H3,(H,45,48)(H,46,51)/t24-,27-,31+,33+,41-/m1/s1. The van der Waals surface area contributed by atoms with Gasteiger partial charge in [0.25, 0.3) is 5.91 Å². The van der Waals surface area contributed by atoms with Crippen LogP contribution in [0.3, 0.4) is 0 Å². The maximum Gasteiger partial charge on any atom is 0.338 e. The summed E-state index contributed by atoms with van der Waals surface area (Å²) in [5.74, 6) is -2.21. The van der Waals surface area contributed by atoms with E-state index in [0.717, 1.165) is 0 Å². The number of benzene rings is 2. The molecule has 0 bridgehead atoms. The number of pyridine rings is 1. The Hall–Kier alpha value is -4.89. The Morgan fingerprint density at radius 1 is 1.04 bits per heavy atom. The second kappa shape index (κ2) is 15.5. The molecule has 0 unspecified atom stereocenters. The zero-order valence-electron chi connectivity index (χ0n) is 33.2. The lowest BCUT2D eigenvalue weighted by Crippen LogP contribution is -2.58. The number of sulfonamides is 1. The summed E-state index contributed by atoms with van der Waals surface area (Å²) in [5.41, 5.74) is -2.04. The fraction of sp³-hybridized carbons (Fsp3) is 0.488. The fourth-order valence-corrected chi connectivity index (χ4v) is 8.53. The third-order valence-electron chi connectivity index (χ3n) is 10.3. The van der Waals surface area contributed by atoms with Crippen molar-refractivity contribution in [2.24, 2.45) is 11.3 Å². The molecule has 0 radical (unpaired) electrons. The van der Waals surface area contributed by atoms with Crippen molar-refractivity contribution < 1.29 is 41.8 Å². The molecule has 3 N–H and O–H groups in total. The van der Waals surface area contributed by atoms with Crippen molar-refractivity contribution >= 4 is 61.8 Å². The summed E-state index contributed by atoms with van der Waals surface area (Å²) >= 11 is 6.37. The first kappa shape index (κ1) is 41.7. The van der Waals surface area contributed by atoms with Gasteiger partial charge in [-0.15, -0.1) is 6.58 Å². The Morgan fingerprint density at radius 2 is 1.72 bits per heavy atom. The molecule has 3 aliphatic rings. The number of methoxy groups -OCH3 is 1. The summed E-state index contributed by atoms with van der Waals surface area (Å²) in [6.07, 6.45) is 3.35. The van der Waals surface area contributed by atoms with E-state index in [1.807, 2.05) is 20.8 Å². The molecule has 3 aromatic rings. The molecule has 2 saturated carbocycles. The largest absolute Gasteiger partial charge is 0.494 e. The number of likely N-dealkylation sites (tertiary alicyclic amines) is 1. The SMILES string of the molecule is C=C[C@@H]1C[C@]1(NC(=O)[C@@H]1C[C@@H](Oc2ncc(OC)c3ccc(Cl)cc23)CN1C(=O)[C@H](Nc1ccc(C(=O)OC(C)(C)C)cc1)C(C)(C)C)C(=O)NS(=O)(=O)C1CC1. The Morgan fingerprint density at radius 3 is 2.30 bits per heavy atom. The van der Waals surface area contributed by atoms with E-state index in [0.29, 0.717) is 45.6 Å². The number of fused-ring (bicyclic) bond motifs is 1. The van der Waals surface area contributed by atoms with Crippen LogP contribution in [0.15, 0.2) is 61.3 Å². The van der Waals surface area contributed by atoms with Crippen molar-refractivity contribution in [1.29, 1.82) is 0 Å². The van der Waals surface area contributed by atoms with Gasteiger partial charge in [-0.3, -0.25) is 19.1 Å². The molecule has 1 aromatic heterocycles. The highest BCUT2D eigenvalue weighted by Gasteiger charge is 2.62. The van der Waals surface area contributed by atoms with Gasteiger partial charge < -0.3 is 29.7 Å². The highest BCUT2D eigenvalue weighted by molar-refractivity contribution is 7.91. The molecule has 5 atom stereocenters. The van der Waals surface area contributed by atoms with Crippen LogP contribution in [0.1, 0.15) is 77.6 Å². The Bertz CT molecular complexity index is 2200. The van der Waals surface area contributed by atoms with Crippen molar-refractivity contribution in [2.45, 2.75) is 102 Å². The lowest BCUT2D eigenvalue weighted by molar-refractivity contribution is -0.141. The van der Waals surface area contributed by atoms with Gasteiger partial charge in [0, 0.05) is 33.8 Å². The maximum atomic E-state index is 14.8. The minimum Gasteiger partial charge on any atom is -0.494 e. The van der Waals surface area contributed by atoms with Crippen molar-refractivity contribution in [3.05, 3.63) is 71.9 Å². The normalized spacial score (nSPS) is 22.6. The predicted octanol–water partition coefficient (Wildman–Crippen LogP) is 5.40. The van der Waals surface area contributed by atoms with Gasteiger partial charge in [-0.1, -0.05) is 38.4 Å². The van der Waals surface area contributed by atoms with Crippen LogP contribution in [0.25, 0.3) is 10.8 Å². The summed E-state index contributed by atoms with van der Waals surface area (Å²) in [4.78, 5) is 61.4. The van der Waals surface area contributed by atoms with Gasteiger partial charge >= 0.3 is 5.97 Å². The number of anilines is 1. The number of hydrogen-bond donors (Lipinski definition) is 3. The molecule has 2 aliphatic carbocycles. The molecule has 2 heterocycles. The molecule has 6 rings (SSSR count). The highest BCUT2D eigenvalue weighted by Crippen LogP contribution is 2.46. The molecule has 2 aromatic carbocycles. The van der Waals surface area contributed by atoms with Crippen molar-refractivity contribution in [2.75, 3.05) is 19.0 Å². The quantitative estimate of drug-likeness (QED) is 0.148. The molecule has 0 spiro atoms. The monoisotopic (exact) mass is 823 g/mol. The number of nitrogens with zero attached hydrogens (tertiary/aromatic N) is 2. The number of carbonyl (C=O) groups is 4. The molecule has 16 heteroatoms. The number of esters is 1. The van der Waals surface area contributed by atoms with Gasteiger partial charge in [-0.25, -0.2) is 18.2 Å². The van der Waals surface area contributed by atoms with Crippen LogP contribution in [0.2, 0.25) is 5.02 Å². The van der Waals surface area contributed by atoms with Crippen LogP contribution in [-0.2, 0) is 29.1 Å². The summed E-state index contributed by atoms with van der Waals surface area (Å²) in [7, 11) is -2.39. The first-order valence-electron chi connectivity index (χ1n) is 18.9. The van der Waals surface area contributed by atoms with Gasteiger partial charge in [0.05, 0.1) is 30.7 Å². The second-order valence-corrected chi connectivity index (χ2v) is 19.4. The van der Waals surface area contributed by atoms with Crippen molar-refractivity contribution in [1.82, 2.24) is 19.9 Å². The second-order valence-electron chi connectivity index (χ2n) is 17.0. The zero-order chi connectivity index (χ0) is 41.7. The molecular formula is C41H50ClN5O9S. The third-order valence-corrected chi connectivity index (χ3v) is 12.4. The van der Waals surface area contributed by atoms with Crippen LogP contribution >= 0.6 is 11.6 Å². The highest BCUT2D eigenvalue weighted by atomic mass is 35.5. The summed E-state index contributed by atoms with van der Waals surface area (Å²) < 4.78 is 45.1. The molecular weight excluding hydrogens is 774 g/mol. The van der Waals surface area contributed by atoms with Crippen LogP contribution in [0, 0.1) is 11.3 Å². The molecule has 1 saturated heterocycles. The number of halogens is 1. The summed E-state index contributed by atoms with van der Waals surface area (Å²) in [6.45, 7) is 14.8. The summed E-state index contributed by atoms with van der Waals surface area (Å²) in [5, 5.41) is 7.19. The number of hydrogen-bond acceptors (Lipinski definition) is 11. The van der Waals surface area contributed by atoms with Crippen LogP contribution in [0.5, 0.6) is 11.6 Å². The average molecular weight is 824 g/mol. The van der Waals surface area contributed by atoms with E-state index in [9.17, 15) is 27.6 Å². The van der Waals surface area contributed by atoms with Gasteiger partial charge in [-0.2, -0.15) is 0 Å². The van der Waals surface area contributed by atoms with Crippen molar-refractivity contribution in [3.8, 4) is 11.6 Å². The van der Waals surface area contributed by atoms with Crippen LogP contribution in [-0.4, -0.2) is 90.2 Å². The lowest BCUT2D eigenvalue weighted by atomic mass is 9.85. The average Bonchev–Trinajstić information content (AvgIpc) is 4.06. The Kier molecular flexibility index (Phi) is 11.3. The fourth-order valence-electron chi connectivity index (χ4n) is 6.99. The van der Waals surface area contributed by atoms with E-state index < -0.39 is 79.6 Å². The van der Waals surface area contributed by atoms with E-state index in [4.69, 9.17) is 25.8 Å². The smallest absolute Gasteiger partial charge is 0.338 e. The predicted molar refractivity (Wildman–Crippen MR) is 216 cm³/mol. The van der Waals surface area contributed by atoms with E-state index in [1.165, 1.54) is 24.3 Å². The van der Waals surface area contributed by atoms with Crippen LogP contribution < -0.4 is 24.8 Å². The number of ether oxygens (including phenoxy) is 3. The number of aromatic nitrogens is 1. The summed E-state index contributed by atoms with van der Waals surface area (Å²) in [6, 6.07) is 9.74. The topological polar surface area (TPSA) is 182 Å². The Balaban J connectivity index is 1.30. The minimum atomic E-state index is -3.91. The van der Waals surface area contributed by atoms with Gasteiger partial charge in [0.15, 0.2) is 0 Å². The van der Waals surface area contributed by atoms with E-state index in [-0.39, 0.29) is 25.3 Å². The lowest BCUT2D eigenvalue weighted by Gasteiger charge is -2.36. The minimum absolute atomic E-state index is 0.0195. The molecule has 57 heavy (non-hydrogen) atoms. The molecule has 3 fully saturated rings. The van der Waals surface area contributed by atoms with Gasteiger partial charge in [-0.05, 0) is 87.9 Å². The van der Waals surface area contributed by atoms with E-state index >= 15 is 0 Å². The number of rotatable bonds is 13. The molecule has 14 nitrogen and oxygen atoms in total. The molecule has 3 amide bonds. The number of nitrogens with one attached hydrogen (secondary N) is 3. The van der Waals surface area contributed by atoms with Crippen LogP contribution in [0.4, 0.5) is 5.69 Å². The van der Waals surface area contributed by atoms with Gasteiger partial charge in [0.2, 0.25) is 27.7 Å². The number of amides is 3. The van der Waals surface area contributed by atoms with Gasteiger partial charge in [0.1, 0.15) is 35.1 Å². The maximum absolute atomic E-state index is 14.8.